The second-order valence-corrected chi connectivity index (χ2v) is 7.50. The Hall–Kier alpha value is -2.54. The monoisotopic (exact) mass is 384 g/mol. The molecule has 0 fully saturated rings. The van der Waals surface area contributed by atoms with E-state index in [2.05, 4.69) is 29.4 Å². The van der Waals surface area contributed by atoms with Crippen LogP contribution in [0.4, 0.5) is 5.69 Å². The fourth-order valence-corrected chi connectivity index (χ4v) is 3.58. The van der Waals surface area contributed by atoms with Gasteiger partial charge in [-0.15, -0.1) is 10.2 Å². The number of benzene rings is 1. The van der Waals surface area contributed by atoms with Crippen molar-refractivity contribution in [1.29, 1.82) is 0 Å². The summed E-state index contributed by atoms with van der Waals surface area (Å²) in [5.41, 5.74) is 2.98. The Bertz CT molecular complexity index is 912. The minimum Gasteiger partial charge on any atom is -0.469 e. The third-order valence-electron chi connectivity index (χ3n) is 4.33. The molecule has 0 aliphatic carbocycles. The molecule has 0 saturated heterocycles. The first kappa shape index (κ1) is 19.2. The van der Waals surface area contributed by atoms with E-state index in [1.807, 2.05) is 48.7 Å². The smallest absolute Gasteiger partial charge is 0.234 e. The molecule has 142 valence electrons. The first-order chi connectivity index (χ1) is 13.0. The van der Waals surface area contributed by atoms with Gasteiger partial charge in [-0.2, -0.15) is 0 Å². The maximum atomic E-state index is 12.3. The summed E-state index contributed by atoms with van der Waals surface area (Å²) in [5, 5.41) is 12.2. The summed E-state index contributed by atoms with van der Waals surface area (Å²) in [6.07, 6.45) is 1.64. The molecule has 0 unspecified atom stereocenters. The number of carbonyl (C=O) groups excluding carboxylic acids is 1. The number of aryl methyl sites for hydroxylation is 1. The van der Waals surface area contributed by atoms with Crippen molar-refractivity contribution in [2.24, 2.45) is 0 Å². The highest BCUT2D eigenvalue weighted by Gasteiger charge is 2.17. The number of thioether (sulfide) groups is 1. The van der Waals surface area contributed by atoms with Crippen molar-refractivity contribution in [1.82, 2.24) is 14.8 Å². The third-order valence-corrected chi connectivity index (χ3v) is 5.29. The summed E-state index contributed by atoms with van der Waals surface area (Å²) in [4.78, 5) is 12.3. The Kier molecular flexibility index (Phi) is 6.01. The molecule has 0 aliphatic heterocycles. The predicted octanol–water partition coefficient (Wildman–Crippen LogP) is 4.72. The molecule has 0 bridgehead atoms. The standard InChI is InChI=1S/C20H24N4O2S/c1-5-24-19(17-10-11-26-14(17)4)22-23-20(24)27-12-18(25)21-16-8-6-15(7-9-16)13(2)3/h6-11,13H,5,12H2,1-4H3,(H,21,25). The number of hydrogen-bond acceptors (Lipinski definition) is 5. The molecular formula is C20H24N4O2S. The fraction of sp³-hybridized carbons (Fsp3) is 0.350. The van der Waals surface area contributed by atoms with Gasteiger partial charge in [0.15, 0.2) is 11.0 Å². The summed E-state index contributed by atoms with van der Waals surface area (Å²) in [6, 6.07) is 9.84. The maximum absolute atomic E-state index is 12.3. The van der Waals surface area contributed by atoms with E-state index in [0.717, 1.165) is 28.0 Å². The van der Waals surface area contributed by atoms with Crippen LogP contribution in [0.1, 0.15) is 38.0 Å². The average molecular weight is 385 g/mol. The summed E-state index contributed by atoms with van der Waals surface area (Å²) in [6.45, 7) is 8.94. The molecule has 3 aromatic rings. The second-order valence-electron chi connectivity index (χ2n) is 6.55. The quantitative estimate of drug-likeness (QED) is 0.597. The SMILES string of the molecule is CCn1c(SCC(=O)Nc2ccc(C(C)C)cc2)nnc1-c1ccoc1C. The first-order valence-electron chi connectivity index (χ1n) is 8.99. The lowest BCUT2D eigenvalue weighted by Gasteiger charge is -2.09. The Morgan fingerprint density at radius 1 is 1.22 bits per heavy atom. The van der Waals surface area contributed by atoms with Crippen molar-refractivity contribution in [3.63, 3.8) is 0 Å². The van der Waals surface area contributed by atoms with E-state index in [9.17, 15) is 4.79 Å². The van der Waals surface area contributed by atoms with Gasteiger partial charge in [-0.3, -0.25) is 4.79 Å². The van der Waals surface area contributed by atoms with Gasteiger partial charge in [0.2, 0.25) is 5.91 Å². The molecule has 0 radical (unpaired) electrons. The molecule has 2 heterocycles. The molecule has 0 aliphatic rings. The number of aromatic nitrogens is 3. The zero-order chi connectivity index (χ0) is 19.4. The number of carbonyl (C=O) groups is 1. The highest BCUT2D eigenvalue weighted by atomic mass is 32.2. The molecule has 6 nitrogen and oxygen atoms in total. The highest BCUT2D eigenvalue weighted by Crippen LogP contribution is 2.27. The summed E-state index contributed by atoms with van der Waals surface area (Å²) < 4.78 is 7.36. The number of furan rings is 1. The Morgan fingerprint density at radius 2 is 1.96 bits per heavy atom. The molecular weight excluding hydrogens is 360 g/mol. The van der Waals surface area contributed by atoms with E-state index in [4.69, 9.17) is 4.42 Å². The zero-order valence-electron chi connectivity index (χ0n) is 16.0. The van der Waals surface area contributed by atoms with E-state index in [1.54, 1.807) is 6.26 Å². The van der Waals surface area contributed by atoms with Gasteiger partial charge in [0.05, 0.1) is 17.6 Å². The van der Waals surface area contributed by atoms with Crippen LogP contribution >= 0.6 is 11.8 Å². The van der Waals surface area contributed by atoms with Crippen LogP contribution in [-0.2, 0) is 11.3 Å². The number of nitrogens with one attached hydrogen (secondary N) is 1. The van der Waals surface area contributed by atoms with Crippen molar-refractivity contribution in [2.75, 3.05) is 11.1 Å². The number of rotatable bonds is 7. The first-order valence-corrected chi connectivity index (χ1v) is 9.98. The van der Waals surface area contributed by atoms with E-state index < -0.39 is 0 Å². The van der Waals surface area contributed by atoms with Crippen LogP contribution in [0.25, 0.3) is 11.4 Å². The van der Waals surface area contributed by atoms with Crippen molar-refractivity contribution in [2.45, 2.75) is 45.3 Å². The largest absolute Gasteiger partial charge is 0.469 e. The van der Waals surface area contributed by atoms with Crippen LogP contribution < -0.4 is 5.32 Å². The van der Waals surface area contributed by atoms with Crippen molar-refractivity contribution in [3.8, 4) is 11.4 Å². The van der Waals surface area contributed by atoms with Crippen molar-refractivity contribution in [3.05, 3.63) is 47.9 Å². The molecule has 0 atom stereocenters. The minimum atomic E-state index is -0.0657. The van der Waals surface area contributed by atoms with Crippen LogP contribution in [0.5, 0.6) is 0 Å². The fourth-order valence-electron chi connectivity index (χ4n) is 2.78. The van der Waals surface area contributed by atoms with E-state index >= 15 is 0 Å². The van der Waals surface area contributed by atoms with Crippen LogP contribution in [0.15, 0.2) is 46.2 Å². The van der Waals surface area contributed by atoms with Crippen LogP contribution in [0.2, 0.25) is 0 Å². The van der Waals surface area contributed by atoms with Gasteiger partial charge in [0.25, 0.3) is 0 Å². The molecule has 7 heteroatoms. The zero-order valence-corrected chi connectivity index (χ0v) is 16.8. The molecule has 27 heavy (non-hydrogen) atoms. The van der Waals surface area contributed by atoms with Gasteiger partial charge in [-0.25, -0.2) is 0 Å². The van der Waals surface area contributed by atoms with E-state index in [-0.39, 0.29) is 11.7 Å². The van der Waals surface area contributed by atoms with E-state index in [1.165, 1.54) is 17.3 Å². The van der Waals surface area contributed by atoms with Crippen LogP contribution in [-0.4, -0.2) is 26.4 Å². The van der Waals surface area contributed by atoms with Crippen LogP contribution in [0.3, 0.4) is 0 Å². The number of hydrogen-bond donors (Lipinski definition) is 1. The molecule has 1 N–H and O–H groups in total. The normalized spacial score (nSPS) is 11.1. The lowest BCUT2D eigenvalue weighted by molar-refractivity contribution is -0.113. The molecule has 3 rings (SSSR count). The third kappa shape index (κ3) is 4.42. The maximum Gasteiger partial charge on any atom is 0.234 e. The summed E-state index contributed by atoms with van der Waals surface area (Å²) in [5.74, 6) is 2.24. The van der Waals surface area contributed by atoms with Gasteiger partial charge < -0.3 is 14.3 Å². The average Bonchev–Trinajstić information content (AvgIpc) is 3.25. The molecule has 0 spiro atoms. The van der Waals surface area contributed by atoms with Gasteiger partial charge in [-0.1, -0.05) is 37.7 Å². The summed E-state index contributed by atoms with van der Waals surface area (Å²) in [7, 11) is 0. The molecule has 2 aromatic heterocycles. The lowest BCUT2D eigenvalue weighted by Crippen LogP contribution is -2.14. The van der Waals surface area contributed by atoms with Gasteiger partial charge >= 0.3 is 0 Å². The highest BCUT2D eigenvalue weighted by molar-refractivity contribution is 7.99. The van der Waals surface area contributed by atoms with Gasteiger partial charge in [0, 0.05) is 12.2 Å². The van der Waals surface area contributed by atoms with Crippen molar-refractivity contribution < 1.29 is 9.21 Å². The predicted molar refractivity (Wildman–Crippen MR) is 108 cm³/mol. The molecule has 0 saturated carbocycles. The van der Waals surface area contributed by atoms with Gasteiger partial charge in [-0.05, 0) is 43.5 Å². The number of nitrogens with zero attached hydrogens (tertiary/aromatic N) is 3. The summed E-state index contributed by atoms with van der Waals surface area (Å²) >= 11 is 1.38. The van der Waals surface area contributed by atoms with Crippen LogP contribution in [0, 0.1) is 6.92 Å². The van der Waals surface area contributed by atoms with Gasteiger partial charge in [0.1, 0.15) is 5.76 Å². The minimum absolute atomic E-state index is 0.0657. The topological polar surface area (TPSA) is 73.0 Å². The molecule has 1 aromatic carbocycles. The second kappa shape index (κ2) is 8.43. The Morgan fingerprint density at radius 3 is 2.56 bits per heavy atom. The Labute approximate surface area is 163 Å². The number of amides is 1. The Balaban J connectivity index is 1.64. The lowest BCUT2D eigenvalue weighted by atomic mass is 10.0. The molecule has 1 amide bonds. The van der Waals surface area contributed by atoms with Crippen molar-refractivity contribution >= 4 is 23.4 Å². The van der Waals surface area contributed by atoms with E-state index in [0.29, 0.717) is 12.5 Å². The number of anilines is 1.